The molecule has 3 atom stereocenters. The first kappa shape index (κ1) is 11.6. The van der Waals surface area contributed by atoms with E-state index in [1.807, 2.05) is 4.57 Å². The van der Waals surface area contributed by atoms with Gasteiger partial charge < -0.3 is 15.0 Å². The SMILES string of the molecule is CCOC(=O)c1ncn(C2CC3CCC2C3)c1N. The summed E-state index contributed by atoms with van der Waals surface area (Å²) in [4.78, 5) is 15.8. The fraction of sp³-hybridized carbons (Fsp3) is 0.692. The smallest absolute Gasteiger partial charge is 0.360 e. The molecule has 1 heterocycles. The predicted octanol–water partition coefficient (Wildman–Crippen LogP) is 2.00. The number of esters is 1. The molecule has 2 aliphatic rings. The molecule has 2 fully saturated rings. The number of nitrogen functional groups attached to an aromatic ring is 1. The Kier molecular flexibility index (Phi) is 2.76. The second kappa shape index (κ2) is 4.30. The molecule has 3 unspecified atom stereocenters. The number of nitrogens with zero attached hydrogens (tertiary/aromatic N) is 2. The number of ether oxygens (including phenoxy) is 1. The van der Waals surface area contributed by atoms with Crippen molar-refractivity contribution >= 4 is 11.8 Å². The van der Waals surface area contributed by atoms with E-state index in [4.69, 9.17) is 10.5 Å². The van der Waals surface area contributed by atoms with Gasteiger partial charge in [-0.15, -0.1) is 0 Å². The number of carbonyl (C=O) groups is 1. The maximum atomic E-state index is 11.7. The van der Waals surface area contributed by atoms with Crippen molar-refractivity contribution in [1.82, 2.24) is 9.55 Å². The average Bonchev–Trinajstić information content (AvgIpc) is 3.03. The van der Waals surface area contributed by atoms with E-state index in [2.05, 4.69) is 4.98 Å². The van der Waals surface area contributed by atoms with Crippen molar-refractivity contribution in [2.75, 3.05) is 12.3 Å². The van der Waals surface area contributed by atoms with Crippen molar-refractivity contribution in [2.24, 2.45) is 11.8 Å². The second-order valence-corrected chi connectivity index (χ2v) is 5.35. The summed E-state index contributed by atoms with van der Waals surface area (Å²) in [5.74, 6) is 1.59. The van der Waals surface area contributed by atoms with Crippen LogP contribution in [0.15, 0.2) is 6.33 Å². The summed E-state index contributed by atoms with van der Waals surface area (Å²) in [5, 5.41) is 0. The van der Waals surface area contributed by atoms with Crippen LogP contribution in [0.25, 0.3) is 0 Å². The summed E-state index contributed by atoms with van der Waals surface area (Å²) in [6, 6.07) is 0.430. The van der Waals surface area contributed by atoms with Crippen molar-refractivity contribution in [1.29, 1.82) is 0 Å². The molecule has 0 amide bonds. The van der Waals surface area contributed by atoms with Crippen LogP contribution >= 0.6 is 0 Å². The number of aromatic nitrogens is 2. The molecule has 2 bridgehead atoms. The minimum Gasteiger partial charge on any atom is -0.461 e. The number of rotatable bonds is 3. The zero-order valence-corrected chi connectivity index (χ0v) is 10.6. The summed E-state index contributed by atoms with van der Waals surface area (Å²) in [6.45, 7) is 2.13. The molecule has 5 heteroatoms. The van der Waals surface area contributed by atoms with Crippen molar-refractivity contribution < 1.29 is 9.53 Å². The molecule has 0 spiro atoms. The molecule has 1 aromatic rings. The summed E-state index contributed by atoms with van der Waals surface area (Å²) in [7, 11) is 0. The Hall–Kier alpha value is -1.52. The Bertz CT molecular complexity index is 469. The highest BCUT2D eigenvalue weighted by atomic mass is 16.5. The summed E-state index contributed by atoms with van der Waals surface area (Å²) in [6.07, 6.45) is 6.81. The molecule has 18 heavy (non-hydrogen) atoms. The van der Waals surface area contributed by atoms with Gasteiger partial charge in [0.1, 0.15) is 5.82 Å². The zero-order valence-electron chi connectivity index (χ0n) is 10.6. The maximum Gasteiger partial charge on any atom is 0.360 e. The normalized spacial score (nSPS) is 29.7. The molecule has 0 aromatic carbocycles. The van der Waals surface area contributed by atoms with Crippen LogP contribution in [0.1, 0.15) is 49.1 Å². The zero-order chi connectivity index (χ0) is 12.7. The van der Waals surface area contributed by atoms with E-state index in [0.717, 1.165) is 5.92 Å². The minimum atomic E-state index is -0.420. The van der Waals surface area contributed by atoms with Crippen LogP contribution in [0.2, 0.25) is 0 Å². The summed E-state index contributed by atoms with van der Waals surface area (Å²) >= 11 is 0. The highest BCUT2D eigenvalue weighted by Crippen LogP contribution is 2.51. The molecular weight excluding hydrogens is 230 g/mol. The molecule has 3 rings (SSSR count). The van der Waals surface area contributed by atoms with Crippen LogP contribution in [0, 0.1) is 11.8 Å². The van der Waals surface area contributed by atoms with E-state index in [1.165, 1.54) is 25.7 Å². The average molecular weight is 249 g/mol. The van der Waals surface area contributed by atoms with Crippen molar-refractivity contribution in [3.05, 3.63) is 12.0 Å². The van der Waals surface area contributed by atoms with Crippen LogP contribution in [0.3, 0.4) is 0 Å². The van der Waals surface area contributed by atoms with Crippen LogP contribution in [-0.2, 0) is 4.74 Å². The van der Waals surface area contributed by atoms with Gasteiger partial charge in [-0.1, -0.05) is 6.42 Å². The van der Waals surface area contributed by atoms with Gasteiger partial charge in [-0.05, 0) is 38.0 Å². The van der Waals surface area contributed by atoms with E-state index in [-0.39, 0.29) is 5.69 Å². The second-order valence-electron chi connectivity index (χ2n) is 5.35. The van der Waals surface area contributed by atoms with E-state index in [9.17, 15) is 4.79 Å². The van der Waals surface area contributed by atoms with Crippen LogP contribution in [-0.4, -0.2) is 22.1 Å². The molecule has 2 aliphatic carbocycles. The number of hydrogen-bond acceptors (Lipinski definition) is 4. The molecular formula is C13H19N3O2. The number of hydrogen-bond donors (Lipinski definition) is 1. The quantitative estimate of drug-likeness (QED) is 0.832. The van der Waals surface area contributed by atoms with E-state index >= 15 is 0 Å². The first-order chi connectivity index (χ1) is 8.70. The maximum absolute atomic E-state index is 11.7. The molecule has 98 valence electrons. The van der Waals surface area contributed by atoms with Gasteiger partial charge >= 0.3 is 5.97 Å². The lowest BCUT2D eigenvalue weighted by Gasteiger charge is -2.23. The number of anilines is 1. The number of imidazole rings is 1. The lowest BCUT2D eigenvalue weighted by molar-refractivity contribution is 0.0521. The standard InChI is InChI=1S/C13H19N3O2/c1-2-18-13(17)11-12(14)16(7-15-11)10-6-8-3-4-9(10)5-8/h7-10H,2-6,14H2,1H3. The Morgan fingerprint density at radius 1 is 1.56 bits per heavy atom. The largest absolute Gasteiger partial charge is 0.461 e. The van der Waals surface area contributed by atoms with Gasteiger partial charge in [-0.3, -0.25) is 0 Å². The molecule has 0 saturated heterocycles. The molecule has 0 radical (unpaired) electrons. The lowest BCUT2D eigenvalue weighted by atomic mass is 9.95. The molecule has 1 aromatic heterocycles. The van der Waals surface area contributed by atoms with Crippen molar-refractivity contribution in [2.45, 2.75) is 38.6 Å². The molecule has 2 N–H and O–H groups in total. The lowest BCUT2D eigenvalue weighted by Crippen LogP contribution is -2.18. The monoisotopic (exact) mass is 249 g/mol. The van der Waals surface area contributed by atoms with E-state index in [1.54, 1.807) is 13.3 Å². The van der Waals surface area contributed by atoms with E-state index in [0.29, 0.717) is 24.4 Å². The van der Waals surface area contributed by atoms with Gasteiger partial charge in [0, 0.05) is 6.04 Å². The van der Waals surface area contributed by atoms with Gasteiger partial charge in [0.25, 0.3) is 0 Å². The van der Waals surface area contributed by atoms with Gasteiger partial charge in [-0.2, -0.15) is 0 Å². The summed E-state index contributed by atoms with van der Waals surface area (Å²) in [5.41, 5.74) is 6.31. The third-order valence-electron chi connectivity index (χ3n) is 4.36. The fourth-order valence-electron chi connectivity index (χ4n) is 3.54. The Morgan fingerprint density at radius 2 is 2.39 bits per heavy atom. The van der Waals surface area contributed by atoms with Crippen molar-refractivity contribution in [3.63, 3.8) is 0 Å². The Labute approximate surface area is 106 Å². The van der Waals surface area contributed by atoms with Gasteiger partial charge in [-0.25, -0.2) is 9.78 Å². The van der Waals surface area contributed by atoms with Gasteiger partial charge in [0.2, 0.25) is 0 Å². The summed E-state index contributed by atoms with van der Waals surface area (Å²) < 4.78 is 6.93. The Balaban J connectivity index is 1.84. The number of nitrogens with two attached hydrogens (primary N) is 1. The fourth-order valence-corrected chi connectivity index (χ4v) is 3.54. The Morgan fingerprint density at radius 3 is 3.00 bits per heavy atom. The van der Waals surface area contributed by atoms with Crippen LogP contribution in [0.4, 0.5) is 5.82 Å². The van der Waals surface area contributed by atoms with Crippen molar-refractivity contribution in [3.8, 4) is 0 Å². The highest BCUT2D eigenvalue weighted by molar-refractivity contribution is 5.92. The van der Waals surface area contributed by atoms with Crippen LogP contribution < -0.4 is 5.73 Å². The molecule has 0 aliphatic heterocycles. The number of fused-ring (bicyclic) bond motifs is 2. The minimum absolute atomic E-state index is 0.264. The van der Waals surface area contributed by atoms with Gasteiger partial charge in [0.05, 0.1) is 12.9 Å². The van der Waals surface area contributed by atoms with E-state index < -0.39 is 5.97 Å². The van der Waals surface area contributed by atoms with Gasteiger partial charge in [0.15, 0.2) is 5.69 Å². The van der Waals surface area contributed by atoms with Crippen LogP contribution in [0.5, 0.6) is 0 Å². The third kappa shape index (κ3) is 1.69. The first-order valence-corrected chi connectivity index (χ1v) is 6.70. The highest BCUT2D eigenvalue weighted by Gasteiger charge is 2.41. The first-order valence-electron chi connectivity index (χ1n) is 6.70. The third-order valence-corrected chi connectivity index (χ3v) is 4.36. The molecule has 2 saturated carbocycles. The number of carbonyl (C=O) groups excluding carboxylic acids is 1. The molecule has 5 nitrogen and oxygen atoms in total. The topological polar surface area (TPSA) is 70.1 Å². The predicted molar refractivity (Wildman–Crippen MR) is 67.1 cm³/mol.